The van der Waals surface area contributed by atoms with E-state index in [1.54, 1.807) is 0 Å². The second kappa shape index (κ2) is 13.3. The Morgan fingerprint density at radius 3 is 1.02 bits per heavy atom. The molecule has 2 aliphatic heterocycles. The largest absolute Gasteiger partial charge is 0.493 e. The van der Waals surface area contributed by atoms with Crippen molar-refractivity contribution in [2.45, 2.75) is 25.7 Å². The first-order chi connectivity index (χ1) is 22.9. The average molecular weight is 635 g/mol. The summed E-state index contributed by atoms with van der Waals surface area (Å²) >= 11 is 0. The van der Waals surface area contributed by atoms with Crippen LogP contribution < -0.4 is 41.3 Å². The molecule has 0 atom stereocenters. The summed E-state index contributed by atoms with van der Waals surface area (Å²) in [5, 5.41) is 8.23. The van der Waals surface area contributed by atoms with Gasteiger partial charge in [-0.1, -0.05) is 121 Å². The maximum atomic E-state index is 6.43. The first-order valence-electron chi connectivity index (χ1n) is 16.2. The molecule has 0 spiro atoms. The van der Waals surface area contributed by atoms with Crippen LogP contribution in [0.1, 0.15) is 24.0 Å². The fourth-order valence-corrected chi connectivity index (χ4v) is 11.9. The van der Waals surface area contributed by atoms with Gasteiger partial charge in [0.05, 0.1) is 13.2 Å². The minimum absolute atomic E-state index is 0.765. The topological polar surface area (TPSA) is 18.5 Å². The molecule has 226 valence electrons. The quantitative estimate of drug-likeness (QED) is 0.169. The molecule has 0 saturated carbocycles. The van der Waals surface area contributed by atoms with Crippen molar-refractivity contribution < 1.29 is 9.47 Å². The summed E-state index contributed by atoms with van der Waals surface area (Å²) in [4.78, 5) is 0. The zero-order valence-electron chi connectivity index (χ0n) is 25.8. The summed E-state index contributed by atoms with van der Waals surface area (Å²) in [6.45, 7) is 1.53. The van der Waals surface area contributed by atoms with Crippen LogP contribution in [0.4, 0.5) is 0 Å². The fraction of sp³-hybridized carbons (Fsp3) is 0.143. The Morgan fingerprint density at radius 1 is 0.370 bits per heavy atom. The molecule has 0 bridgehead atoms. The van der Waals surface area contributed by atoms with Crippen molar-refractivity contribution in [1.29, 1.82) is 0 Å². The van der Waals surface area contributed by atoms with Gasteiger partial charge in [0.2, 0.25) is 0 Å². The number of hydrogen-bond acceptors (Lipinski definition) is 2. The number of fused-ring (bicyclic) bond motifs is 2. The smallest absolute Gasteiger partial charge is 0.123 e. The van der Waals surface area contributed by atoms with Crippen LogP contribution in [0.15, 0.2) is 146 Å². The second-order valence-electron chi connectivity index (χ2n) is 11.8. The molecule has 0 amide bonds. The Labute approximate surface area is 274 Å². The molecular weight excluding hydrogens is 598 g/mol. The van der Waals surface area contributed by atoms with Crippen LogP contribution in [0.5, 0.6) is 11.5 Å². The molecule has 0 saturated heterocycles. The van der Waals surface area contributed by atoms with Crippen LogP contribution in [0.3, 0.4) is 0 Å². The lowest BCUT2D eigenvalue weighted by Gasteiger charge is -2.33. The Balaban J connectivity index is 1.48. The molecule has 0 N–H and O–H groups in total. The molecule has 0 unspecified atom stereocenters. The van der Waals surface area contributed by atoms with E-state index in [2.05, 4.69) is 146 Å². The Morgan fingerprint density at radius 2 is 0.696 bits per heavy atom. The minimum Gasteiger partial charge on any atom is -0.493 e. The monoisotopic (exact) mass is 634 g/mol. The predicted octanol–water partition coefficient (Wildman–Crippen LogP) is 7.52. The van der Waals surface area contributed by atoms with Gasteiger partial charge in [-0.3, -0.25) is 0 Å². The van der Waals surface area contributed by atoms with Crippen LogP contribution in [0.25, 0.3) is 11.1 Å². The third-order valence-electron chi connectivity index (χ3n) is 8.94. The van der Waals surface area contributed by atoms with Crippen molar-refractivity contribution >= 4 is 47.7 Å². The van der Waals surface area contributed by atoms with Crippen LogP contribution in [0.2, 0.25) is 0 Å². The fourth-order valence-electron chi connectivity index (χ4n) is 6.96. The molecule has 6 aromatic carbocycles. The van der Waals surface area contributed by atoms with E-state index in [0.29, 0.717) is 0 Å². The van der Waals surface area contributed by atoms with Crippen LogP contribution >= 0.6 is 15.8 Å². The number of ether oxygens (including phenoxy) is 2. The zero-order chi connectivity index (χ0) is 30.7. The Bertz CT molecular complexity index is 1720. The molecule has 2 nitrogen and oxygen atoms in total. The highest BCUT2D eigenvalue weighted by Crippen LogP contribution is 2.48. The van der Waals surface area contributed by atoms with E-state index in [1.165, 1.54) is 54.1 Å². The van der Waals surface area contributed by atoms with Crippen molar-refractivity contribution in [2.24, 2.45) is 0 Å². The number of hydrogen-bond donors (Lipinski definition) is 0. The highest BCUT2D eigenvalue weighted by molar-refractivity contribution is 7.80. The van der Waals surface area contributed by atoms with Crippen molar-refractivity contribution in [3.63, 3.8) is 0 Å². The highest BCUT2D eigenvalue weighted by atomic mass is 31.1. The first kappa shape index (κ1) is 29.2. The summed E-state index contributed by atoms with van der Waals surface area (Å²) < 4.78 is 12.9. The van der Waals surface area contributed by atoms with Gasteiger partial charge in [-0.05, 0) is 109 Å². The summed E-state index contributed by atoms with van der Waals surface area (Å²) in [5.74, 6) is 2.07. The van der Waals surface area contributed by atoms with E-state index >= 15 is 0 Å². The Kier molecular flexibility index (Phi) is 8.41. The van der Waals surface area contributed by atoms with Crippen molar-refractivity contribution in [1.82, 2.24) is 0 Å². The van der Waals surface area contributed by atoms with E-state index in [-0.39, 0.29) is 0 Å². The van der Waals surface area contributed by atoms with E-state index in [4.69, 9.17) is 9.47 Å². The second-order valence-corrected chi connectivity index (χ2v) is 16.2. The molecule has 6 aromatic rings. The summed E-state index contributed by atoms with van der Waals surface area (Å²) in [6, 6.07) is 53.7. The lowest BCUT2D eigenvalue weighted by atomic mass is 9.89. The lowest BCUT2D eigenvalue weighted by Crippen LogP contribution is -2.29. The first-order valence-corrected chi connectivity index (χ1v) is 18.9. The van der Waals surface area contributed by atoms with Gasteiger partial charge in [0.15, 0.2) is 0 Å². The molecule has 0 aliphatic carbocycles. The normalized spacial score (nSPS) is 13.9. The van der Waals surface area contributed by atoms with Crippen molar-refractivity contribution in [3.05, 3.63) is 157 Å². The van der Waals surface area contributed by atoms with Gasteiger partial charge >= 0.3 is 0 Å². The molecule has 46 heavy (non-hydrogen) atoms. The maximum Gasteiger partial charge on any atom is 0.123 e. The van der Waals surface area contributed by atoms with E-state index < -0.39 is 15.8 Å². The van der Waals surface area contributed by atoms with Crippen molar-refractivity contribution in [2.75, 3.05) is 13.2 Å². The SMILES string of the molecule is c1ccc(P(c2ccccc2)c2ccc3c(c2-c2c(P(c4ccccc4)c4ccccc4)ccc4c2CCCO4)CCCO3)cc1. The lowest BCUT2D eigenvalue weighted by molar-refractivity contribution is 0.287. The van der Waals surface area contributed by atoms with Gasteiger partial charge in [-0.2, -0.15) is 0 Å². The third-order valence-corrected chi connectivity index (χ3v) is 13.9. The summed E-state index contributed by atoms with van der Waals surface area (Å²) in [5.41, 5.74) is 5.43. The van der Waals surface area contributed by atoms with Gasteiger partial charge in [0, 0.05) is 11.1 Å². The van der Waals surface area contributed by atoms with E-state index in [9.17, 15) is 0 Å². The predicted molar refractivity (Wildman–Crippen MR) is 197 cm³/mol. The van der Waals surface area contributed by atoms with Gasteiger partial charge in [0.25, 0.3) is 0 Å². The molecule has 0 fully saturated rings. The molecule has 2 heterocycles. The molecule has 0 aromatic heterocycles. The average Bonchev–Trinajstić information content (AvgIpc) is 3.14. The summed E-state index contributed by atoms with van der Waals surface area (Å²) in [6.07, 6.45) is 4.05. The van der Waals surface area contributed by atoms with Crippen LogP contribution in [-0.2, 0) is 12.8 Å². The standard InChI is InChI=1S/C42H36O2P2/c1-5-15-31(16-6-1)45(32-17-7-2-8-18-32)39-27-25-37-35(23-13-29-43-37)41(39)42-36-24-14-30-44-38(36)26-28-40(42)46(33-19-9-3-10-20-33)34-21-11-4-12-22-34/h1-12,15-22,25-28H,13-14,23-24,29-30H2. The van der Waals surface area contributed by atoms with Gasteiger partial charge in [-0.25, -0.2) is 0 Å². The maximum absolute atomic E-state index is 6.43. The number of rotatable bonds is 7. The van der Waals surface area contributed by atoms with E-state index in [1.807, 2.05) is 0 Å². The molecule has 8 rings (SSSR count). The zero-order valence-corrected chi connectivity index (χ0v) is 27.6. The summed E-state index contributed by atoms with van der Waals surface area (Å²) in [7, 11) is -1.70. The van der Waals surface area contributed by atoms with Gasteiger partial charge in [-0.15, -0.1) is 0 Å². The van der Waals surface area contributed by atoms with Crippen molar-refractivity contribution in [3.8, 4) is 22.6 Å². The molecule has 0 radical (unpaired) electrons. The Hall–Kier alpha value is -4.22. The van der Waals surface area contributed by atoms with Gasteiger partial charge < -0.3 is 9.47 Å². The van der Waals surface area contributed by atoms with Crippen LogP contribution in [-0.4, -0.2) is 13.2 Å². The minimum atomic E-state index is -0.848. The van der Waals surface area contributed by atoms with Crippen LogP contribution in [0, 0.1) is 0 Å². The van der Waals surface area contributed by atoms with Gasteiger partial charge in [0.1, 0.15) is 11.5 Å². The third kappa shape index (κ3) is 5.55. The molecule has 4 heteroatoms. The number of benzene rings is 6. The molecule has 2 aliphatic rings. The molecular formula is C42H36O2P2. The highest BCUT2D eigenvalue weighted by Gasteiger charge is 2.32. The van der Waals surface area contributed by atoms with E-state index in [0.717, 1.165) is 50.4 Å².